The van der Waals surface area contributed by atoms with Crippen LogP contribution in [0.15, 0.2) is 48.5 Å². The number of hydrogen-bond donors (Lipinski definition) is 1. The maximum Gasteiger partial charge on any atom is 0.244 e. The summed E-state index contributed by atoms with van der Waals surface area (Å²) in [5.41, 5.74) is 1.17. The van der Waals surface area contributed by atoms with Crippen LogP contribution < -0.4 is 5.32 Å². The molecule has 1 aliphatic carbocycles. The van der Waals surface area contributed by atoms with Crippen molar-refractivity contribution in [1.29, 1.82) is 10.5 Å². The number of amides is 1. The smallest absolute Gasteiger partial charge is 0.244 e. The minimum Gasteiger partial charge on any atom is -0.325 e. The highest BCUT2D eigenvalue weighted by Crippen LogP contribution is 2.41. The van der Waals surface area contributed by atoms with E-state index in [1.165, 1.54) is 0 Å². The van der Waals surface area contributed by atoms with E-state index in [4.69, 9.17) is 11.6 Å². The summed E-state index contributed by atoms with van der Waals surface area (Å²) in [5, 5.41) is 22.0. The minimum atomic E-state index is -0.912. The van der Waals surface area contributed by atoms with Crippen molar-refractivity contribution in [3.63, 3.8) is 0 Å². The highest BCUT2D eigenvalue weighted by molar-refractivity contribution is 6.31. The SMILES string of the molecule is N#C[C@@H](c1ccccc1)c1ccc(NC(=O)C2(C#N)CCC2)cc1Cl. The quantitative estimate of drug-likeness (QED) is 0.874. The molecule has 0 spiro atoms. The summed E-state index contributed by atoms with van der Waals surface area (Å²) in [6, 6.07) is 18.9. The summed E-state index contributed by atoms with van der Waals surface area (Å²) < 4.78 is 0. The van der Waals surface area contributed by atoms with E-state index in [2.05, 4.69) is 17.5 Å². The van der Waals surface area contributed by atoms with Gasteiger partial charge in [-0.25, -0.2) is 0 Å². The van der Waals surface area contributed by atoms with Crippen LogP contribution in [-0.4, -0.2) is 5.91 Å². The topological polar surface area (TPSA) is 76.7 Å². The van der Waals surface area contributed by atoms with E-state index in [9.17, 15) is 15.3 Å². The standard InChI is InChI=1S/C20H16ClN3O/c21-18-11-15(24-19(25)20(13-23)9-4-10-20)7-8-16(18)17(12-22)14-5-2-1-3-6-14/h1-3,5-8,11,17H,4,9-10H2,(H,24,25)/t17-/m0/s1. The van der Waals surface area contributed by atoms with E-state index >= 15 is 0 Å². The molecule has 0 bridgehead atoms. The van der Waals surface area contributed by atoms with Gasteiger partial charge in [0.15, 0.2) is 0 Å². The predicted molar refractivity (Wildman–Crippen MR) is 95.9 cm³/mol. The van der Waals surface area contributed by atoms with Gasteiger partial charge >= 0.3 is 0 Å². The van der Waals surface area contributed by atoms with Crippen molar-refractivity contribution in [2.75, 3.05) is 5.32 Å². The third-order valence-electron chi connectivity index (χ3n) is 4.69. The lowest BCUT2D eigenvalue weighted by molar-refractivity contribution is -0.126. The first-order valence-corrected chi connectivity index (χ1v) is 8.44. The Morgan fingerprint density at radius 1 is 1.16 bits per heavy atom. The largest absolute Gasteiger partial charge is 0.325 e. The summed E-state index contributed by atoms with van der Waals surface area (Å²) >= 11 is 6.36. The number of carbonyl (C=O) groups excluding carboxylic acids is 1. The molecule has 3 rings (SSSR count). The van der Waals surface area contributed by atoms with Crippen LogP contribution in [0, 0.1) is 28.1 Å². The van der Waals surface area contributed by atoms with Crippen molar-refractivity contribution >= 4 is 23.2 Å². The molecule has 0 saturated heterocycles. The van der Waals surface area contributed by atoms with Crippen LogP contribution in [0.2, 0.25) is 5.02 Å². The predicted octanol–water partition coefficient (Wildman–Crippen LogP) is 4.63. The Hall–Kier alpha value is -2.82. The summed E-state index contributed by atoms with van der Waals surface area (Å²) in [5.74, 6) is -0.763. The molecule has 1 N–H and O–H groups in total. The molecule has 1 amide bonds. The number of nitrogens with zero attached hydrogens (tertiary/aromatic N) is 2. The third kappa shape index (κ3) is 3.22. The molecule has 0 aliphatic heterocycles. The zero-order valence-electron chi connectivity index (χ0n) is 13.5. The number of nitrogens with one attached hydrogen (secondary N) is 1. The van der Waals surface area contributed by atoms with Gasteiger partial charge in [-0.3, -0.25) is 4.79 Å². The summed E-state index contributed by atoms with van der Waals surface area (Å²) in [6.45, 7) is 0. The lowest BCUT2D eigenvalue weighted by Gasteiger charge is -2.33. The number of carbonyl (C=O) groups is 1. The fourth-order valence-corrected chi connectivity index (χ4v) is 3.27. The number of halogens is 1. The van der Waals surface area contributed by atoms with Crippen molar-refractivity contribution < 1.29 is 4.79 Å². The van der Waals surface area contributed by atoms with Crippen LogP contribution in [0.1, 0.15) is 36.3 Å². The molecule has 2 aromatic rings. The lowest BCUT2D eigenvalue weighted by atomic mass is 9.69. The number of rotatable bonds is 4. The summed E-state index contributed by atoms with van der Waals surface area (Å²) in [4.78, 5) is 12.3. The molecule has 2 aromatic carbocycles. The Labute approximate surface area is 151 Å². The average Bonchev–Trinajstić information content (AvgIpc) is 2.58. The van der Waals surface area contributed by atoms with Crippen LogP contribution in [0.3, 0.4) is 0 Å². The molecule has 1 aliphatic rings. The van der Waals surface area contributed by atoms with E-state index in [0.29, 0.717) is 29.1 Å². The van der Waals surface area contributed by atoms with Gasteiger partial charge in [-0.2, -0.15) is 10.5 Å². The van der Waals surface area contributed by atoms with Gasteiger partial charge in [0.1, 0.15) is 5.41 Å². The van der Waals surface area contributed by atoms with E-state index in [1.54, 1.807) is 18.2 Å². The van der Waals surface area contributed by atoms with Crippen LogP contribution in [0.5, 0.6) is 0 Å². The van der Waals surface area contributed by atoms with Gasteiger partial charge in [0.05, 0.1) is 18.1 Å². The molecule has 5 heteroatoms. The van der Waals surface area contributed by atoms with E-state index in [0.717, 1.165) is 12.0 Å². The lowest BCUT2D eigenvalue weighted by Crippen LogP contribution is -2.40. The fraction of sp³-hybridized carbons (Fsp3) is 0.250. The maximum absolute atomic E-state index is 12.3. The molecule has 25 heavy (non-hydrogen) atoms. The van der Waals surface area contributed by atoms with E-state index in [1.807, 2.05) is 30.3 Å². The number of hydrogen-bond acceptors (Lipinski definition) is 3. The second-order valence-corrected chi connectivity index (χ2v) is 6.62. The van der Waals surface area contributed by atoms with Gasteiger partial charge in [-0.05, 0) is 42.5 Å². The Balaban J connectivity index is 1.83. The zero-order chi connectivity index (χ0) is 17.9. The van der Waals surface area contributed by atoms with Crippen molar-refractivity contribution in [2.45, 2.75) is 25.2 Å². The monoisotopic (exact) mass is 349 g/mol. The highest BCUT2D eigenvalue weighted by Gasteiger charge is 2.44. The molecule has 1 saturated carbocycles. The molecule has 124 valence electrons. The van der Waals surface area contributed by atoms with E-state index < -0.39 is 11.3 Å². The second-order valence-electron chi connectivity index (χ2n) is 6.21. The molecule has 0 aromatic heterocycles. The first-order valence-electron chi connectivity index (χ1n) is 8.06. The molecule has 0 unspecified atom stereocenters. The number of anilines is 1. The molecule has 0 heterocycles. The van der Waals surface area contributed by atoms with Crippen molar-refractivity contribution in [3.8, 4) is 12.1 Å². The highest BCUT2D eigenvalue weighted by atomic mass is 35.5. The Morgan fingerprint density at radius 3 is 2.40 bits per heavy atom. The Morgan fingerprint density at radius 2 is 1.88 bits per heavy atom. The molecular formula is C20H16ClN3O. The normalized spacial score (nSPS) is 16.0. The van der Waals surface area contributed by atoms with Crippen LogP contribution in [-0.2, 0) is 4.79 Å². The first-order chi connectivity index (χ1) is 12.1. The average molecular weight is 350 g/mol. The minimum absolute atomic E-state index is 0.287. The van der Waals surface area contributed by atoms with Gasteiger partial charge in [-0.15, -0.1) is 0 Å². The molecule has 1 atom stereocenters. The van der Waals surface area contributed by atoms with Gasteiger partial charge in [0.25, 0.3) is 0 Å². The Kier molecular flexibility index (Phi) is 4.74. The Bertz CT molecular complexity index is 876. The zero-order valence-corrected chi connectivity index (χ0v) is 14.3. The van der Waals surface area contributed by atoms with Crippen molar-refractivity contribution in [1.82, 2.24) is 0 Å². The second kappa shape index (κ2) is 6.97. The van der Waals surface area contributed by atoms with Crippen molar-refractivity contribution in [3.05, 3.63) is 64.7 Å². The van der Waals surface area contributed by atoms with Crippen LogP contribution in [0.4, 0.5) is 5.69 Å². The van der Waals surface area contributed by atoms with Gasteiger partial charge in [0.2, 0.25) is 5.91 Å². The number of nitriles is 2. The third-order valence-corrected chi connectivity index (χ3v) is 5.01. The van der Waals surface area contributed by atoms with Gasteiger partial charge in [0, 0.05) is 10.7 Å². The van der Waals surface area contributed by atoms with E-state index in [-0.39, 0.29) is 5.91 Å². The molecule has 0 radical (unpaired) electrons. The molecule has 1 fully saturated rings. The van der Waals surface area contributed by atoms with Gasteiger partial charge < -0.3 is 5.32 Å². The maximum atomic E-state index is 12.3. The molecular weight excluding hydrogens is 334 g/mol. The summed E-state index contributed by atoms with van der Waals surface area (Å²) in [6.07, 6.45) is 2.07. The number of benzene rings is 2. The molecule has 4 nitrogen and oxygen atoms in total. The van der Waals surface area contributed by atoms with Crippen LogP contribution in [0.25, 0.3) is 0 Å². The first kappa shape index (κ1) is 17.0. The van der Waals surface area contributed by atoms with Crippen molar-refractivity contribution in [2.24, 2.45) is 5.41 Å². The van der Waals surface area contributed by atoms with Gasteiger partial charge in [-0.1, -0.05) is 48.0 Å². The summed E-state index contributed by atoms with van der Waals surface area (Å²) in [7, 11) is 0. The van der Waals surface area contributed by atoms with Crippen LogP contribution >= 0.6 is 11.6 Å². The fourth-order valence-electron chi connectivity index (χ4n) is 2.98.